The number of nitrogens with zero attached hydrogens (tertiary/aromatic N) is 1. The predicted octanol–water partition coefficient (Wildman–Crippen LogP) is 2.80. The molecule has 20 heavy (non-hydrogen) atoms. The molecule has 7 heteroatoms. The van der Waals surface area contributed by atoms with Crippen molar-refractivity contribution >= 4 is 11.7 Å². The Labute approximate surface area is 111 Å². The fourth-order valence-electron chi connectivity index (χ4n) is 1.77. The Kier molecular flexibility index (Phi) is 3.34. The van der Waals surface area contributed by atoms with Crippen LogP contribution in [-0.4, -0.2) is 21.1 Å². The maximum Gasteiger partial charge on any atom is 0.342 e. The molecule has 0 spiro atoms. The number of nitro benzene ring substituents is 1. The SMILES string of the molecule is O=C(O)c1ccc(-c2cc(F)ccc2O)cc1[N+](=O)[O-]. The molecule has 2 N–H and O–H groups in total. The third-order valence-electron chi connectivity index (χ3n) is 2.69. The topological polar surface area (TPSA) is 101 Å². The minimum atomic E-state index is -1.44. The molecule has 0 aliphatic rings. The molecule has 0 saturated carbocycles. The van der Waals surface area contributed by atoms with E-state index in [1.54, 1.807) is 0 Å². The molecular weight excluding hydrogens is 269 g/mol. The number of hydrogen-bond donors (Lipinski definition) is 2. The Hall–Kier alpha value is -2.96. The zero-order valence-corrected chi connectivity index (χ0v) is 9.91. The maximum atomic E-state index is 13.2. The number of benzene rings is 2. The van der Waals surface area contributed by atoms with Crippen LogP contribution in [0.25, 0.3) is 11.1 Å². The van der Waals surface area contributed by atoms with Crippen LogP contribution >= 0.6 is 0 Å². The average molecular weight is 277 g/mol. The first kappa shape index (κ1) is 13.5. The van der Waals surface area contributed by atoms with Gasteiger partial charge in [0.1, 0.15) is 17.1 Å². The highest BCUT2D eigenvalue weighted by Crippen LogP contribution is 2.33. The lowest BCUT2D eigenvalue weighted by atomic mass is 10.0. The van der Waals surface area contributed by atoms with Crippen molar-refractivity contribution in [1.82, 2.24) is 0 Å². The van der Waals surface area contributed by atoms with Crippen molar-refractivity contribution in [3.63, 3.8) is 0 Å². The van der Waals surface area contributed by atoms with Crippen molar-refractivity contribution in [3.8, 4) is 16.9 Å². The van der Waals surface area contributed by atoms with Gasteiger partial charge in [0.2, 0.25) is 0 Å². The van der Waals surface area contributed by atoms with E-state index < -0.39 is 28.0 Å². The second kappa shape index (κ2) is 4.96. The zero-order valence-electron chi connectivity index (χ0n) is 9.91. The molecule has 0 fully saturated rings. The van der Waals surface area contributed by atoms with E-state index in [4.69, 9.17) is 5.11 Å². The normalized spacial score (nSPS) is 10.2. The lowest BCUT2D eigenvalue weighted by Crippen LogP contribution is -2.02. The molecule has 0 aliphatic heterocycles. The lowest BCUT2D eigenvalue weighted by Gasteiger charge is -2.06. The number of rotatable bonds is 3. The van der Waals surface area contributed by atoms with E-state index in [1.165, 1.54) is 6.07 Å². The molecule has 0 aromatic heterocycles. The molecule has 102 valence electrons. The Morgan fingerprint density at radius 1 is 1.20 bits per heavy atom. The van der Waals surface area contributed by atoms with Crippen LogP contribution in [0.5, 0.6) is 5.75 Å². The van der Waals surface area contributed by atoms with Gasteiger partial charge in [-0.1, -0.05) is 6.07 Å². The second-order valence-corrected chi connectivity index (χ2v) is 3.96. The van der Waals surface area contributed by atoms with Crippen molar-refractivity contribution in [2.45, 2.75) is 0 Å². The van der Waals surface area contributed by atoms with Gasteiger partial charge in [-0.25, -0.2) is 9.18 Å². The van der Waals surface area contributed by atoms with Crippen LogP contribution in [0.1, 0.15) is 10.4 Å². The summed E-state index contributed by atoms with van der Waals surface area (Å²) >= 11 is 0. The Balaban J connectivity index is 2.65. The predicted molar refractivity (Wildman–Crippen MR) is 67.1 cm³/mol. The molecule has 0 amide bonds. The number of hydrogen-bond acceptors (Lipinski definition) is 4. The van der Waals surface area contributed by atoms with E-state index in [0.717, 1.165) is 30.3 Å². The number of carboxylic acids is 1. The van der Waals surface area contributed by atoms with Crippen LogP contribution in [0.2, 0.25) is 0 Å². The summed E-state index contributed by atoms with van der Waals surface area (Å²) in [7, 11) is 0. The number of halogens is 1. The number of aromatic hydroxyl groups is 1. The van der Waals surface area contributed by atoms with E-state index in [1.807, 2.05) is 0 Å². The fraction of sp³-hybridized carbons (Fsp3) is 0. The van der Waals surface area contributed by atoms with Crippen molar-refractivity contribution < 1.29 is 24.3 Å². The van der Waals surface area contributed by atoms with Gasteiger partial charge in [0.15, 0.2) is 0 Å². The van der Waals surface area contributed by atoms with Crippen LogP contribution in [0.4, 0.5) is 10.1 Å². The molecule has 0 heterocycles. The monoisotopic (exact) mass is 277 g/mol. The molecule has 2 aromatic carbocycles. The van der Waals surface area contributed by atoms with E-state index in [9.17, 15) is 24.4 Å². The molecule has 2 rings (SSSR count). The maximum absolute atomic E-state index is 13.2. The van der Waals surface area contributed by atoms with Crippen LogP contribution in [0, 0.1) is 15.9 Å². The standard InChI is InChI=1S/C13H8FNO5/c14-8-2-4-12(16)10(6-8)7-1-3-9(13(17)18)11(5-7)15(19)20/h1-6,16H,(H,17,18). The van der Waals surface area contributed by atoms with E-state index in [2.05, 4.69) is 0 Å². The summed E-state index contributed by atoms with van der Waals surface area (Å²) in [5, 5.41) is 29.4. The van der Waals surface area contributed by atoms with Crippen LogP contribution in [0.3, 0.4) is 0 Å². The van der Waals surface area contributed by atoms with Gasteiger partial charge in [0.25, 0.3) is 5.69 Å². The van der Waals surface area contributed by atoms with Gasteiger partial charge in [-0.3, -0.25) is 10.1 Å². The number of carboxylic acid groups (broad SMARTS) is 1. The first-order valence-electron chi connectivity index (χ1n) is 5.41. The lowest BCUT2D eigenvalue weighted by molar-refractivity contribution is -0.385. The summed E-state index contributed by atoms with van der Waals surface area (Å²) < 4.78 is 13.2. The average Bonchev–Trinajstić information content (AvgIpc) is 2.40. The van der Waals surface area contributed by atoms with Crippen LogP contribution in [-0.2, 0) is 0 Å². The largest absolute Gasteiger partial charge is 0.507 e. The molecule has 6 nitrogen and oxygen atoms in total. The summed E-state index contributed by atoms with van der Waals surface area (Å²) in [6.07, 6.45) is 0. The van der Waals surface area contributed by atoms with Gasteiger partial charge in [0.05, 0.1) is 4.92 Å². The van der Waals surface area contributed by atoms with E-state index >= 15 is 0 Å². The Bertz CT molecular complexity index is 714. The van der Waals surface area contributed by atoms with Gasteiger partial charge in [-0.15, -0.1) is 0 Å². The van der Waals surface area contributed by atoms with Gasteiger partial charge in [-0.2, -0.15) is 0 Å². The van der Waals surface area contributed by atoms with Crippen LogP contribution < -0.4 is 0 Å². The highest BCUT2D eigenvalue weighted by molar-refractivity contribution is 5.93. The molecule has 0 aliphatic carbocycles. The summed E-state index contributed by atoms with van der Waals surface area (Å²) in [5.74, 6) is -2.32. The summed E-state index contributed by atoms with van der Waals surface area (Å²) in [6.45, 7) is 0. The molecule has 0 saturated heterocycles. The molecule has 0 bridgehead atoms. The molecule has 2 aromatic rings. The minimum absolute atomic E-state index is 0.0463. The summed E-state index contributed by atoms with van der Waals surface area (Å²) in [4.78, 5) is 20.9. The van der Waals surface area contributed by atoms with Crippen molar-refractivity contribution in [2.24, 2.45) is 0 Å². The molecule has 0 atom stereocenters. The number of carbonyl (C=O) groups is 1. The third kappa shape index (κ3) is 2.41. The van der Waals surface area contributed by atoms with Gasteiger partial charge >= 0.3 is 5.97 Å². The number of aromatic carboxylic acids is 1. The molecule has 0 unspecified atom stereocenters. The van der Waals surface area contributed by atoms with Crippen LogP contribution in [0.15, 0.2) is 36.4 Å². The third-order valence-corrected chi connectivity index (χ3v) is 2.69. The van der Waals surface area contributed by atoms with Crippen molar-refractivity contribution in [1.29, 1.82) is 0 Å². The minimum Gasteiger partial charge on any atom is -0.507 e. The summed E-state index contributed by atoms with van der Waals surface area (Å²) in [6, 6.07) is 6.46. The van der Waals surface area contributed by atoms with Crippen molar-refractivity contribution in [3.05, 3.63) is 57.9 Å². The highest BCUT2D eigenvalue weighted by atomic mass is 19.1. The van der Waals surface area contributed by atoms with E-state index in [-0.39, 0.29) is 16.9 Å². The van der Waals surface area contributed by atoms with E-state index in [0.29, 0.717) is 0 Å². The second-order valence-electron chi connectivity index (χ2n) is 3.96. The van der Waals surface area contributed by atoms with Crippen molar-refractivity contribution in [2.75, 3.05) is 0 Å². The number of phenols is 1. The number of nitro groups is 1. The first-order chi connectivity index (χ1) is 9.40. The first-order valence-corrected chi connectivity index (χ1v) is 5.41. The van der Waals surface area contributed by atoms with Gasteiger partial charge < -0.3 is 10.2 Å². The summed E-state index contributed by atoms with van der Waals surface area (Å²) in [5.41, 5.74) is -0.906. The Morgan fingerprint density at radius 2 is 1.90 bits per heavy atom. The van der Waals surface area contributed by atoms with Gasteiger partial charge in [-0.05, 0) is 29.8 Å². The fourth-order valence-corrected chi connectivity index (χ4v) is 1.77. The quantitative estimate of drug-likeness (QED) is 0.663. The zero-order chi connectivity index (χ0) is 14.9. The highest BCUT2D eigenvalue weighted by Gasteiger charge is 2.21. The van der Waals surface area contributed by atoms with Gasteiger partial charge in [0, 0.05) is 11.6 Å². The molecule has 0 radical (unpaired) electrons. The molecular formula is C13H8FNO5. The smallest absolute Gasteiger partial charge is 0.342 e. The Morgan fingerprint density at radius 3 is 2.50 bits per heavy atom. The number of phenolic OH excluding ortho intramolecular Hbond substituents is 1.